The molecular weight excluding hydrogens is 258 g/mol. The molecule has 0 fully saturated rings. The molecule has 0 spiro atoms. The molecule has 1 N–H and O–H groups in total. The fourth-order valence-electron chi connectivity index (χ4n) is 2.24. The summed E-state index contributed by atoms with van der Waals surface area (Å²) in [4.78, 5) is 0. The lowest BCUT2D eigenvalue weighted by Crippen LogP contribution is -2.30. The summed E-state index contributed by atoms with van der Waals surface area (Å²) in [6, 6.07) is 8.64. The van der Waals surface area contributed by atoms with Crippen LogP contribution in [0.2, 0.25) is 5.02 Å². The lowest BCUT2D eigenvalue weighted by Gasteiger charge is -2.19. The fraction of sp³-hybridized carbons (Fsp3) is 0.400. The van der Waals surface area contributed by atoms with E-state index in [9.17, 15) is 0 Å². The van der Waals surface area contributed by atoms with Gasteiger partial charge in [-0.25, -0.2) is 0 Å². The molecule has 1 heterocycles. The van der Waals surface area contributed by atoms with Crippen molar-refractivity contribution < 1.29 is 0 Å². The van der Waals surface area contributed by atoms with E-state index in [1.807, 2.05) is 42.3 Å². The van der Waals surface area contributed by atoms with Crippen LogP contribution in [0, 0.1) is 0 Å². The monoisotopic (exact) mass is 277 g/mol. The van der Waals surface area contributed by atoms with Crippen LogP contribution in [0.1, 0.15) is 31.0 Å². The Morgan fingerprint density at radius 3 is 2.68 bits per heavy atom. The van der Waals surface area contributed by atoms with Crippen molar-refractivity contribution in [1.82, 2.24) is 15.1 Å². The highest BCUT2D eigenvalue weighted by molar-refractivity contribution is 6.31. The van der Waals surface area contributed by atoms with Gasteiger partial charge in [-0.3, -0.25) is 4.68 Å². The zero-order chi connectivity index (χ0) is 13.8. The lowest BCUT2D eigenvalue weighted by atomic mass is 10.1. The molecule has 3 nitrogen and oxygen atoms in total. The van der Waals surface area contributed by atoms with Crippen molar-refractivity contribution in [2.75, 3.05) is 0 Å². The predicted molar refractivity (Wildman–Crippen MR) is 79.4 cm³/mol. The molecule has 2 atom stereocenters. The Hall–Kier alpha value is -1.32. The molecule has 0 aliphatic rings. The summed E-state index contributed by atoms with van der Waals surface area (Å²) >= 11 is 6.18. The molecule has 19 heavy (non-hydrogen) atoms. The van der Waals surface area contributed by atoms with Gasteiger partial charge in [0.1, 0.15) is 0 Å². The molecule has 0 saturated heterocycles. The van der Waals surface area contributed by atoms with Crippen molar-refractivity contribution in [1.29, 1.82) is 0 Å². The number of aryl methyl sites for hydroxylation is 1. The summed E-state index contributed by atoms with van der Waals surface area (Å²) < 4.78 is 1.83. The normalized spacial score (nSPS) is 14.3. The number of nitrogens with one attached hydrogen (secondary N) is 1. The first-order valence-electron chi connectivity index (χ1n) is 6.54. The third kappa shape index (κ3) is 3.82. The Labute approximate surface area is 119 Å². The van der Waals surface area contributed by atoms with E-state index in [1.165, 1.54) is 11.1 Å². The van der Waals surface area contributed by atoms with E-state index < -0.39 is 0 Å². The molecule has 0 saturated carbocycles. The summed E-state index contributed by atoms with van der Waals surface area (Å²) in [5, 5.41) is 8.61. The summed E-state index contributed by atoms with van der Waals surface area (Å²) in [5.74, 6) is 0. The Kier molecular flexibility index (Phi) is 4.61. The molecule has 102 valence electrons. The van der Waals surface area contributed by atoms with Crippen molar-refractivity contribution in [2.24, 2.45) is 7.05 Å². The van der Waals surface area contributed by atoms with Crippen molar-refractivity contribution in [3.8, 4) is 0 Å². The largest absolute Gasteiger partial charge is 0.307 e. The molecule has 1 aromatic heterocycles. The zero-order valence-corrected chi connectivity index (χ0v) is 12.4. The average molecular weight is 278 g/mol. The van der Waals surface area contributed by atoms with Gasteiger partial charge in [0.15, 0.2) is 0 Å². The minimum Gasteiger partial charge on any atom is -0.307 e. The molecule has 0 bridgehead atoms. The standard InChI is InChI=1S/C15H20ClN3/c1-11(8-13-6-4-5-7-15(13)16)18-12(2)14-9-17-19(3)10-14/h4-7,9-12,18H,8H2,1-3H3. The van der Waals surface area contributed by atoms with Gasteiger partial charge < -0.3 is 5.32 Å². The smallest absolute Gasteiger partial charge is 0.0537 e. The second kappa shape index (κ2) is 6.22. The van der Waals surface area contributed by atoms with Gasteiger partial charge in [0.05, 0.1) is 6.20 Å². The first kappa shape index (κ1) is 14.1. The third-order valence-corrected chi connectivity index (χ3v) is 3.61. The Bertz CT molecular complexity index is 536. The van der Waals surface area contributed by atoms with Crippen molar-refractivity contribution >= 4 is 11.6 Å². The highest BCUT2D eigenvalue weighted by Gasteiger charge is 2.12. The van der Waals surface area contributed by atoms with Crippen LogP contribution < -0.4 is 5.32 Å². The van der Waals surface area contributed by atoms with E-state index in [2.05, 4.69) is 30.3 Å². The molecule has 0 amide bonds. The maximum atomic E-state index is 6.18. The number of hydrogen-bond donors (Lipinski definition) is 1. The van der Waals surface area contributed by atoms with Gasteiger partial charge in [0, 0.05) is 35.9 Å². The number of rotatable bonds is 5. The lowest BCUT2D eigenvalue weighted by molar-refractivity contribution is 0.477. The number of benzene rings is 1. The van der Waals surface area contributed by atoms with Crippen LogP contribution in [-0.2, 0) is 13.5 Å². The first-order chi connectivity index (χ1) is 9.06. The van der Waals surface area contributed by atoms with Crippen molar-refractivity contribution in [3.63, 3.8) is 0 Å². The number of aromatic nitrogens is 2. The molecule has 2 rings (SSSR count). The van der Waals surface area contributed by atoms with Gasteiger partial charge >= 0.3 is 0 Å². The minimum atomic E-state index is 0.284. The van der Waals surface area contributed by atoms with Crippen LogP contribution in [0.25, 0.3) is 0 Å². The minimum absolute atomic E-state index is 0.284. The molecule has 2 unspecified atom stereocenters. The summed E-state index contributed by atoms with van der Waals surface area (Å²) in [6.45, 7) is 4.33. The summed E-state index contributed by atoms with van der Waals surface area (Å²) in [7, 11) is 1.93. The second-order valence-corrected chi connectivity index (χ2v) is 5.44. The van der Waals surface area contributed by atoms with Crippen LogP contribution in [0.4, 0.5) is 0 Å². The fourth-order valence-corrected chi connectivity index (χ4v) is 2.45. The SMILES string of the molecule is CC(Cc1ccccc1Cl)NC(C)c1cnn(C)c1. The topological polar surface area (TPSA) is 29.9 Å². The van der Waals surface area contributed by atoms with E-state index >= 15 is 0 Å². The second-order valence-electron chi connectivity index (χ2n) is 5.03. The van der Waals surface area contributed by atoms with Crippen LogP contribution in [-0.4, -0.2) is 15.8 Å². The van der Waals surface area contributed by atoms with E-state index in [-0.39, 0.29) is 6.04 Å². The quantitative estimate of drug-likeness (QED) is 0.908. The van der Waals surface area contributed by atoms with E-state index in [1.54, 1.807) is 0 Å². The highest BCUT2D eigenvalue weighted by atomic mass is 35.5. The molecule has 0 radical (unpaired) electrons. The van der Waals surface area contributed by atoms with Gasteiger partial charge in [0.2, 0.25) is 0 Å². The zero-order valence-electron chi connectivity index (χ0n) is 11.6. The van der Waals surface area contributed by atoms with E-state index in [0.717, 1.165) is 11.4 Å². The molecule has 0 aliphatic heterocycles. The predicted octanol–water partition coefficient (Wildman–Crippen LogP) is 3.36. The molecule has 4 heteroatoms. The van der Waals surface area contributed by atoms with Gasteiger partial charge in [-0.15, -0.1) is 0 Å². The molecule has 1 aromatic carbocycles. The van der Waals surface area contributed by atoms with E-state index in [4.69, 9.17) is 11.6 Å². The van der Waals surface area contributed by atoms with Gasteiger partial charge in [0.25, 0.3) is 0 Å². The van der Waals surface area contributed by atoms with Gasteiger partial charge in [-0.1, -0.05) is 29.8 Å². The summed E-state index contributed by atoms with van der Waals surface area (Å²) in [5.41, 5.74) is 2.39. The third-order valence-electron chi connectivity index (χ3n) is 3.24. The van der Waals surface area contributed by atoms with Crippen LogP contribution in [0.5, 0.6) is 0 Å². The Morgan fingerprint density at radius 2 is 2.05 bits per heavy atom. The van der Waals surface area contributed by atoms with Gasteiger partial charge in [-0.05, 0) is 31.9 Å². The van der Waals surface area contributed by atoms with Crippen LogP contribution >= 0.6 is 11.6 Å². The van der Waals surface area contributed by atoms with Crippen LogP contribution in [0.15, 0.2) is 36.7 Å². The van der Waals surface area contributed by atoms with Crippen molar-refractivity contribution in [2.45, 2.75) is 32.4 Å². The first-order valence-corrected chi connectivity index (χ1v) is 6.92. The van der Waals surface area contributed by atoms with Crippen LogP contribution in [0.3, 0.4) is 0 Å². The van der Waals surface area contributed by atoms with E-state index in [0.29, 0.717) is 6.04 Å². The number of halogens is 1. The highest BCUT2D eigenvalue weighted by Crippen LogP contribution is 2.18. The van der Waals surface area contributed by atoms with Crippen molar-refractivity contribution in [3.05, 3.63) is 52.8 Å². The Morgan fingerprint density at radius 1 is 1.32 bits per heavy atom. The average Bonchev–Trinajstić information content (AvgIpc) is 2.79. The Balaban J connectivity index is 1.94. The maximum Gasteiger partial charge on any atom is 0.0537 e. The molecule has 0 aliphatic carbocycles. The molecular formula is C15H20ClN3. The number of nitrogens with zero attached hydrogens (tertiary/aromatic N) is 2. The summed E-state index contributed by atoms with van der Waals surface area (Å²) in [6.07, 6.45) is 4.87. The molecule has 2 aromatic rings. The maximum absolute atomic E-state index is 6.18. The van der Waals surface area contributed by atoms with Gasteiger partial charge in [-0.2, -0.15) is 5.10 Å². The number of hydrogen-bond acceptors (Lipinski definition) is 2.